The van der Waals surface area contributed by atoms with E-state index in [2.05, 4.69) is 0 Å². The SMILES string of the molecule is N[C@H](Cc1cc(F)c(F)cc1F)C1CC2CC[C@H](C1)N2C(=O)CCS(=O)(=O)c1ccccc1. The summed E-state index contributed by atoms with van der Waals surface area (Å²) in [5.41, 5.74) is 6.37. The van der Waals surface area contributed by atoms with Gasteiger partial charge >= 0.3 is 0 Å². The molecule has 2 unspecified atom stereocenters. The first-order valence-electron chi connectivity index (χ1n) is 11.1. The van der Waals surface area contributed by atoms with Gasteiger partial charge in [-0.3, -0.25) is 4.79 Å². The van der Waals surface area contributed by atoms with Crippen LogP contribution in [0.5, 0.6) is 0 Å². The fourth-order valence-electron chi connectivity index (χ4n) is 5.21. The molecule has 5 nitrogen and oxygen atoms in total. The molecule has 1 amide bonds. The molecule has 2 saturated heterocycles. The van der Waals surface area contributed by atoms with Crippen molar-refractivity contribution >= 4 is 15.7 Å². The summed E-state index contributed by atoms with van der Waals surface area (Å²) in [6.45, 7) is 0. The number of piperidine rings is 1. The van der Waals surface area contributed by atoms with Crippen molar-refractivity contribution in [3.63, 3.8) is 0 Å². The van der Waals surface area contributed by atoms with Crippen molar-refractivity contribution in [2.45, 2.75) is 61.5 Å². The van der Waals surface area contributed by atoms with Crippen LogP contribution < -0.4 is 5.73 Å². The van der Waals surface area contributed by atoms with Gasteiger partial charge in [0.1, 0.15) is 5.82 Å². The number of nitrogens with zero attached hydrogens (tertiary/aromatic N) is 1. The first-order valence-corrected chi connectivity index (χ1v) is 12.8. The van der Waals surface area contributed by atoms with Gasteiger partial charge in [0.25, 0.3) is 0 Å². The van der Waals surface area contributed by atoms with Crippen LogP contribution in [-0.2, 0) is 21.1 Å². The summed E-state index contributed by atoms with van der Waals surface area (Å²) < 4.78 is 65.8. The largest absolute Gasteiger partial charge is 0.337 e. The van der Waals surface area contributed by atoms with Crippen molar-refractivity contribution in [3.8, 4) is 0 Å². The van der Waals surface area contributed by atoms with Crippen LogP contribution in [0.15, 0.2) is 47.4 Å². The van der Waals surface area contributed by atoms with E-state index < -0.39 is 33.3 Å². The van der Waals surface area contributed by atoms with Gasteiger partial charge in [-0.05, 0) is 61.8 Å². The Morgan fingerprint density at radius 3 is 2.24 bits per heavy atom. The van der Waals surface area contributed by atoms with E-state index in [1.54, 1.807) is 18.2 Å². The minimum atomic E-state index is -3.54. The Balaban J connectivity index is 1.37. The molecule has 0 radical (unpaired) electrons. The molecule has 0 aromatic heterocycles. The molecule has 2 fully saturated rings. The number of nitrogens with two attached hydrogens (primary N) is 1. The summed E-state index contributed by atoms with van der Waals surface area (Å²) in [6.07, 6.45) is 2.87. The number of amides is 1. The molecule has 4 atom stereocenters. The first-order chi connectivity index (χ1) is 15.7. The van der Waals surface area contributed by atoms with Gasteiger partial charge in [-0.1, -0.05) is 18.2 Å². The highest BCUT2D eigenvalue weighted by Gasteiger charge is 2.44. The van der Waals surface area contributed by atoms with Crippen molar-refractivity contribution in [1.82, 2.24) is 4.90 Å². The van der Waals surface area contributed by atoms with Gasteiger partial charge in [0.05, 0.1) is 10.6 Å². The van der Waals surface area contributed by atoms with Gasteiger partial charge in [-0.15, -0.1) is 0 Å². The molecule has 2 aromatic carbocycles. The summed E-state index contributed by atoms with van der Waals surface area (Å²) in [6, 6.07) is 8.92. The standard InChI is InChI=1S/C24H27F3N2O3S/c25-20-14-22(27)21(26)12-15(20)13-23(28)16-10-17-6-7-18(11-16)29(17)24(30)8-9-33(31,32)19-4-2-1-3-5-19/h1-5,12,14,16-18,23H,6-11,13,28H2/t16?,17-,18?,23-/m1/s1. The van der Waals surface area contributed by atoms with Crippen LogP contribution in [0, 0.1) is 23.4 Å². The zero-order chi connectivity index (χ0) is 23.8. The van der Waals surface area contributed by atoms with Gasteiger partial charge in [0, 0.05) is 30.6 Å². The maximum Gasteiger partial charge on any atom is 0.224 e. The molecule has 2 aliphatic rings. The fourth-order valence-corrected chi connectivity index (χ4v) is 6.46. The smallest absolute Gasteiger partial charge is 0.224 e. The van der Waals surface area contributed by atoms with E-state index in [1.165, 1.54) is 12.1 Å². The number of hydrogen-bond donors (Lipinski definition) is 1. The van der Waals surface area contributed by atoms with Crippen molar-refractivity contribution in [1.29, 1.82) is 0 Å². The average molecular weight is 481 g/mol. The number of carbonyl (C=O) groups is 1. The monoisotopic (exact) mass is 480 g/mol. The minimum absolute atomic E-state index is 0.00659. The third-order valence-corrected chi connectivity index (χ3v) is 8.63. The highest BCUT2D eigenvalue weighted by molar-refractivity contribution is 7.91. The molecule has 0 saturated carbocycles. The zero-order valence-electron chi connectivity index (χ0n) is 18.1. The average Bonchev–Trinajstić information content (AvgIpc) is 3.05. The van der Waals surface area contributed by atoms with Gasteiger partial charge in [0.2, 0.25) is 5.91 Å². The van der Waals surface area contributed by atoms with Gasteiger partial charge in [0.15, 0.2) is 21.5 Å². The van der Waals surface area contributed by atoms with E-state index in [9.17, 15) is 26.4 Å². The summed E-state index contributed by atoms with van der Waals surface area (Å²) in [7, 11) is -3.54. The lowest BCUT2D eigenvalue weighted by Gasteiger charge is -2.41. The molecule has 0 aliphatic carbocycles. The van der Waals surface area contributed by atoms with Gasteiger partial charge in [-0.25, -0.2) is 21.6 Å². The molecule has 33 heavy (non-hydrogen) atoms. The Morgan fingerprint density at radius 1 is 1.00 bits per heavy atom. The minimum Gasteiger partial charge on any atom is -0.337 e. The van der Waals surface area contributed by atoms with Crippen molar-refractivity contribution in [3.05, 3.63) is 65.5 Å². The summed E-state index contributed by atoms with van der Waals surface area (Å²) >= 11 is 0. The van der Waals surface area contributed by atoms with Crippen molar-refractivity contribution in [2.75, 3.05) is 5.75 Å². The molecular formula is C24H27F3N2O3S. The predicted octanol–water partition coefficient (Wildman–Crippen LogP) is 3.61. The molecule has 0 spiro atoms. The fraction of sp³-hybridized carbons (Fsp3) is 0.458. The number of sulfone groups is 1. The van der Waals surface area contributed by atoms with Gasteiger partial charge in [-0.2, -0.15) is 0 Å². The second kappa shape index (κ2) is 9.46. The highest BCUT2D eigenvalue weighted by atomic mass is 32.2. The van der Waals surface area contributed by atoms with Crippen LogP contribution in [0.25, 0.3) is 0 Å². The maximum atomic E-state index is 14.0. The predicted molar refractivity (Wildman–Crippen MR) is 117 cm³/mol. The molecule has 2 bridgehead atoms. The summed E-state index contributed by atoms with van der Waals surface area (Å²) in [4.78, 5) is 14.9. The first kappa shape index (κ1) is 23.8. The number of halogens is 3. The Hall–Kier alpha value is -2.39. The van der Waals surface area contributed by atoms with Crippen LogP contribution >= 0.6 is 0 Å². The van der Waals surface area contributed by atoms with E-state index in [4.69, 9.17) is 5.73 Å². The lowest BCUT2D eigenvalue weighted by molar-refractivity contribution is -0.136. The lowest BCUT2D eigenvalue weighted by atomic mass is 9.82. The Morgan fingerprint density at radius 2 is 1.61 bits per heavy atom. The number of carbonyl (C=O) groups excluding carboxylic acids is 1. The van der Waals surface area contributed by atoms with Crippen LogP contribution in [0.4, 0.5) is 13.2 Å². The van der Waals surface area contributed by atoms with E-state index in [0.29, 0.717) is 18.9 Å². The lowest BCUT2D eigenvalue weighted by Crippen LogP contribution is -2.50. The summed E-state index contributed by atoms with van der Waals surface area (Å²) in [5, 5.41) is 0. The number of hydrogen-bond acceptors (Lipinski definition) is 4. The molecule has 2 aromatic rings. The number of fused-ring (bicyclic) bond motifs is 2. The Kier molecular flexibility index (Phi) is 6.81. The second-order valence-electron chi connectivity index (χ2n) is 9.03. The molecule has 2 heterocycles. The van der Waals surface area contributed by atoms with Gasteiger partial charge < -0.3 is 10.6 Å². The van der Waals surface area contributed by atoms with Crippen molar-refractivity contribution in [2.24, 2.45) is 11.7 Å². The van der Waals surface area contributed by atoms with E-state index in [-0.39, 0.29) is 53.0 Å². The van der Waals surface area contributed by atoms with Crippen LogP contribution in [-0.4, -0.2) is 43.1 Å². The molecule has 178 valence electrons. The Labute approximate surface area is 191 Å². The van der Waals surface area contributed by atoms with Crippen LogP contribution in [0.1, 0.15) is 37.7 Å². The third-order valence-electron chi connectivity index (χ3n) is 6.89. The van der Waals surface area contributed by atoms with Crippen LogP contribution in [0.2, 0.25) is 0 Å². The topological polar surface area (TPSA) is 80.5 Å². The molecule has 2 aliphatic heterocycles. The molecular weight excluding hydrogens is 453 g/mol. The number of benzene rings is 2. The maximum absolute atomic E-state index is 14.0. The second-order valence-corrected chi connectivity index (χ2v) is 11.1. The van der Waals surface area contributed by atoms with E-state index >= 15 is 0 Å². The van der Waals surface area contributed by atoms with Crippen LogP contribution in [0.3, 0.4) is 0 Å². The summed E-state index contributed by atoms with van der Waals surface area (Å²) in [5.74, 6) is -3.58. The highest BCUT2D eigenvalue weighted by Crippen LogP contribution is 2.40. The molecule has 2 N–H and O–H groups in total. The van der Waals surface area contributed by atoms with E-state index in [1.807, 2.05) is 4.90 Å². The Bertz CT molecular complexity index is 1110. The number of rotatable bonds is 7. The zero-order valence-corrected chi connectivity index (χ0v) is 18.9. The van der Waals surface area contributed by atoms with E-state index in [0.717, 1.165) is 18.9 Å². The molecule has 4 rings (SSSR count). The normalized spacial score (nSPS) is 23.5. The quantitative estimate of drug-likeness (QED) is 0.614. The van der Waals surface area contributed by atoms with Crippen molar-refractivity contribution < 1.29 is 26.4 Å². The molecule has 9 heteroatoms. The third kappa shape index (κ3) is 5.09.